The Morgan fingerprint density at radius 1 is 1.53 bits per heavy atom. The molecule has 0 aliphatic carbocycles. The van der Waals surface area contributed by atoms with E-state index in [4.69, 9.17) is 0 Å². The third-order valence-electron chi connectivity index (χ3n) is 2.65. The average Bonchev–Trinajstić information content (AvgIpc) is 2.15. The number of carboxylic acids is 1. The predicted octanol–water partition coefficient (Wildman–Crippen LogP) is 0.201. The lowest BCUT2D eigenvalue weighted by Gasteiger charge is -2.34. The standard InChI is InChI=1S/C12H25N3O2/c1-6-10-15(4,5)11(12(16)17)13-8-7-9-14(2)3/h6,11,13H,1,7-10H2,2-5H3/p+1. The Bertz CT molecular complexity index is 252. The summed E-state index contributed by atoms with van der Waals surface area (Å²) in [5, 5.41) is 12.3. The summed E-state index contributed by atoms with van der Waals surface area (Å²) in [5.41, 5.74) is 0. The number of rotatable bonds is 9. The Morgan fingerprint density at radius 3 is 2.53 bits per heavy atom. The molecule has 5 nitrogen and oxygen atoms in total. The van der Waals surface area contributed by atoms with Crippen LogP contribution in [0.4, 0.5) is 0 Å². The van der Waals surface area contributed by atoms with E-state index in [-0.39, 0.29) is 0 Å². The Kier molecular flexibility index (Phi) is 7.03. The molecule has 17 heavy (non-hydrogen) atoms. The summed E-state index contributed by atoms with van der Waals surface area (Å²) in [6.07, 6.45) is 2.10. The molecule has 0 bridgehead atoms. The molecule has 100 valence electrons. The van der Waals surface area contributed by atoms with Gasteiger partial charge in [-0.25, -0.2) is 4.79 Å². The van der Waals surface area contributed by atoms with Gasteiger partial charge < -0.3 is 14.5 Å². The van der Waals surface area contributed by atoms with Crippen molar-refractivity contribution >= 4 is 5.97 Å². The highest BCUT2D eigenvalue weighted by molar-refractivity contribution is 5.71. The molecule has 0 fully saturated rings. The number of nitrogens with zero attached hydrogens (tertiary/aromatic N) is 2. The van der Waals surface area contributed by atoms with Crippen molar-refractivity contribution in [3.8, 4) is 0 Å². The molecule has 0 aromatic rings. The largest absolute Gasteiger partial charge is 0.476 e. The van der Waals surface area contributed by atoms with Gasteiger partial charge in [0.25, 0.3) is 0 Å². The van der Waals surface area contributed by atoms with Gasteiger partial charge in [-0.15, -0.1) is 0 Å². The van der Waals surface area contributed by atoms with E-state index < -0.39 is 12.1 Å². The number of quaternary nitrogens is 1. The number of carbonyl (C=O) groups is 1. The normalized spacial score (nSPS) is 13.7. The molecular formula is C12H26N3O2+. The van der Waals surface area contributed by atoms with E-state index in [9.17, 15) is 9.90 Å². The summed E-state index contributed by atoms with van der Waals surface area (Å²) < 4.78 is 0.362. The van der Waals surface area contributed by atoms with Crippen LogP contribution >= 0.6 is 0 Å². The molecule has 0 amide bonds. The number of likely N-dealkylation sites (N-methyl/N-ethyl adjacent to an activating group) is 1. The first kappa shape index (κ1) is 16.1. The maximum absolute atomic E-state index is 11.2. The van der Waals surface area contributed by atoms with Gasteiger partial charge >= 0.3 is 5.97 Å². The zero-order valence-corrected chi connectivity index (χ0v) is 11.4. The van der Waals surface area contributed by atoms with E-state index >= 15 is 0 Å². The van der Waals surface area contributed by atoms with Crippen molar-refractivity contribution in [2.24, 2.45) is 0 Å². The lowest BCUT2D eigenvalue weighted by molar-refractivity contribution is -0.904. The van der Waals surface area contributed by atoms with E-state index in [1.165, 1.54) is 0 Å². The lowest BCUT2D eigenvalue weighted by atomic mass is 10.3. The fourth-order valence-corrected chi connectivity index (χ4v) is 1.71. The quantitative estimate of drug-likeness (QED) is 0.263. The molecule has 0 rings (SSSR count). The van der Waals surface area contributed by atoms with Crippen LogP contribution in [0.1, 0.15) is 6.42 Å². The van der Waals surface area contributed by atoms with Crippen molar-refractivity contribution in [1.29, 1.82) is 0 Å². The molecule has 0 aromatic heterocycles. The van der Waals surface area contributed by atoms with Gasteiger partial charge in [0.2, 0.25) is 6.17 Å². The summed E-state index contributed by atoms with van der Waals surface area (Å²) in [6.45, 7) is 5.94. The molecule has 1 unspecified atom stereocenters. The van der Waals surface area contributed by atoms with E-state index in [2.05, 4.69) is 16.8 Å². The van der Waals surface area contributed by atoms with Crippen molar-refractivity contribution < 1.29 is 14.4 Å². The molecule has 0 saturated heterocycles. The number of carboxylic acid groups (broad SMARTS) is 1. The van der Waals surface area contributed by atoms with Crippen molar-refractivity contribution in [2.45, 2.75) is 12.6 Å². The number of hydrogen-bond donors (Lipinski definition) is 2. The zero-order valence-electron chi connectivity index (χ0n) is 11.4. The van der Waals surface area contributed by atoms with Crippen LogP contribution in [-0.4, -0.2) is 74.4 Å². The van der Waals surface area contributed by atoms with Gasteiger partial charge in [-0.2, -0.15) is 0 Å². The molecule has 0 radical (unpaired) electrons. The van der Waals surface area contributed by atoms with Crippen LogP contribution in [0.5, 0.6) is 0 Å². The third-order valence-corrected chi connectivity index (χ3v) is 2.65. The minimum atomic E-state index is -0.818. The average molecular weight is 244 g/mol. The summed E-state index contributed by atoms with van der Waals surface area (Å²) in [4.78, 5) is 13.3. The summed E-state index contributed by atoms with van der Waals surface area (Å²) in [6, 6.07) is 0. The Morgan fingerprint density at radius 2 is 2.12 bits per heavy atom. The molecule has 0 aliphatic rings. The number of aliphatic carboxylic acids is 1. The van der Waals surface area contributed by atoms with Crippen LogP contribution in [0.2, 0.25) is 0 Å². The van der Waals surface area contributed by atoms with Gasteiger partial charge in [0.1, 0.15) is 0 Å². The fraction of sp³-hybridized carbons (Fsp3) is 0.750. The van der Waals surface area contributed by atoms with E-state index in [0.29, 0.717) is 17.6 Å². The van der Waals surface area contributed by atoms with Crippen molar-refractivity contribution in [2.75, 3.05) is 47.8 Å². The maximum atomic E-state index is 11.2. The molecular weight excluding hydrogens is 218 g/mol. The second-order valence-electron chi connectivity index (χ2n) is 5.10. The third kappa shape index (κ3) is 6.41. The molecule has 0 aliphatic heterocycles. The van der Waals surface area contributed by atoms with Crippen molar-refractivity contribution in [3.05, 3.63) is 12.7 Å². The number of nitrogens with one attached hydrogen (secondary N) is 1. The molecule has 0 heterocycles. The van der Waals surface area contributed by atoms with Crippen LogP contribution in [0.3, 0.4) is 0 Å². The summed E-state index contributed by atoms with van der Waals surface area (Å²) >= 11 is 0. The van der Waals surface area contributed by atoms with Gasteiger partial charge in [0, 0.05) is 6.54 Å². The minimum absolute atomic E-state index is 0.362. The summed E-state index contributed by atoms with van der Waals surface area (Å²) in [7, 11) is 7.79. The Hall–Kier alpha value is -0.910. The predicted molar refractivity (Wildman–Crippen MR) is 69.8 cm³/mol. The second kappa shape index (κ2) is 7.42. The van der Waals surface area contributed by atoms with Crippen LogP contribution in [0, 0.1) is 0 Å². The van der Waals surface area contributed by atoms with Gasteiger partial charge in [-0.3, -0.25) is 5.32 Å². The first-order valence-electron chi connectivity index (χ1n) is 5.85. The highest BCUT2D eigenvalue weighted by Crippen LogP contribution is 2.05. The Balaban J connectivity index is 4.25. The molecule has 0 saturated carbocycles. The zero-order chi connectivity index (χ0) is 13.5. The highest BCUT2D eigenvalue weighted by Gasteiger charge is 2.33. The van der Waals surface area contributed by atoms with Gasteiger partial charge in [-0.05, 0) is 33.1 Å². The lowest BCUT2D eigenvalue weighted by Crippen LogP contribution is -2.60. The van der Waals surface area contributed by atoms with Gasteiger partial charge in [0.05, 0.1) is 20.6 Å². The number of hydrogen-bond acceptors (Lipinski definition) is 3. The fourth-order valence-electron chi connectivity index (χ4n) is 1.71. The van der Waals surface area contributed by atoms with Crippen molar-refractivity contribution in [1.82, 2.24) is 10.2 Å². The first-order chi connectivity index (χ1) is 7.81. The van der Waals surface area contributed by atoms with E-state index in [1.54, 1.807) is 6.08 Å². The van der Waals surface area contributed by atoms with Crippen LogP contribution < -0.4 is 5.32 Å². The molecule has 5 heteroatoms. The molecule has 0 aromatic carbocycles. The van der Waals surface area contributed by atoms with Crippen LogP contribution in [0.15, 0.2) is 12.7 Å². The summed E-state index contributed by atoms with van der Waals surface area (Å²) in [5.74, 6) is -0.818. The molecule has 2 N–H and O–H groups in total. The van der Waals surface area contributed by atoms with E-state index in [0.717, 1.165) is 13.0 Å². The monoisotopic (exact) mass is 244 g/mol. The highest BCUT2D eigenvalue weighted by atomic mass is 16.4. The van der Waals surface area contributed by atoms with Crippen LogP contribution in [-0.2, 0) is 4.79 Å². The van der Waals surface area contributed by atoms with E-state index in [1.807, 2.05) is 28.2 Å². The Labute approximate surface area is 104 Å². The minimum Gasteiger partial charge on any atom is -0.476 e. The van der Waals surface area contributed by atoms with Gasteiger partial charge in [-0.1, -0.05) is 6.58 Å². The van der Waals surface area contributed by atoms with Crippen molar-refractivity contribution in [3.63, 3.8) is 0 Å². The van der Waals surface area contributed by atoms with Gasteiger partial charge in [0.15, 0.2) is 0 Å². The smallest absolute Gasteiger partial charge is 0.379 e. The second-order valence-corrected chi connectivity index (χ2v) is 5.10. The SMILES string of the molecule is C=CC[N+](C)(C)C(NCCCN(C)C)C(=O)O. The van der Waals surface area contributed by atoms with Crippen LogP contribution in [0.25, 0.3) is 0 Å². The topological polar surface area (TPSA) is 52.6 Å². The molecule has 1 atom stereocenters. The first-order valence-corrected chi connectivity index (χ1v) is 5.85. The maximum Gasteiger partial charge on any atom is 0.379 e. The molecule has 0 spiro atoms.